The molecular formula is C13H16ClN5O3S. The number of sulfonamides is 1. The summed E-state index contributed by atoms with van der Waals surface area (Å²) in [5.41, 5.74) is 6.53. The van der Waals surface area contributed by atoms with Crippen molar-refractivity contribution < 1.29 is 13.2 Å². The summed E-state index contributed by atoms with van der Waals surface area (Å²) in [4.78, 5) is 3.73. The largest absolute Gasteiger partial charge is 0.383 e. The first-order valence-corrected chi connectivity index (χ1v) is 8.71. The molecule has 0 spiro atoms. The number of ether oxygens (including phenoxy) is 1. The molecule has 10 heteroatoms. The molecule has 0 unspecified atom stereocenters. The van der Waals surface area contributed by atoms with Gasteiger partial charge in [0.25, 0.3) is 0 Å². The van der Waals surface area contributed by atoms with Crippen molar-refractivity contribution in [3.8, 4) is 0 Å². The Morgan fingerprint density at radius 3 is 2.91 bits per heavy atom. The Hall–Kier alpha value is -1.68. The van der Waals surface area contributed by atoms with Crippen LogP contribution >= 0.6 is 11.6 Å². The van der Waals surface area contributed by atoms with E-state index in [4.69, 9.17) is 22.1 Å². The number of pyridine rings is 1. The molecule has 1 fully saturated rings. The fraction of sp³-hybridized carbons (Fsp3) is 0.385. The van der Waals surface area contributed by atoms with E-state index in [2.05, 4.69) is 10.1 Å². The van der Waals surface area contributed by atoms with Crippen molar-refractivity contribution in [1.82, 2.24) is 19.1 Å². The highest BCUT2D eigenvalue weighted by atomic mass is 35.5. The van der Waals surface area contributed by atoms with Gasteiger partial charge >= 0.3 is 0 Å². The molecule has 2 N–H and O–H groups in total. The second-order valence-corrected chi connectivity index (χ2v) is 7.55. The molecule has 3 rings (SSSR count). The minimum atomic E-state index is -3.80. The monoisotopic (exact) mass is 357 g/mol. The van der Waals surface area contributed by atoms with Crippen LogP contribution in [-0.2, 0) is 21.8 Å². The third-order valence-corrected chi connectivity index (χ3v) is 5.69. The van der Waals surface area contributed by atoms with E-state index < -0.39 is 10.0 Å². The van der Waals surface area contributed by atoms with Crippen LogP contribution < -0.4 is 5.73 Å². The molecule has 0 radical (unpaired) electrons. The zero-order valence-electron chi connectivity index (χ0n) is 12.4. The van der Waals surface area contributed by atoms with Gasteiger partial charge < -0.3 is 10.5 Å². The number of aromatic nitrogens is 3. The zero-order chi connectivity index (χ0) is 16.6. The highest BCUT2D eigenvalue weighted by Gasteiger charge is 2.33. The molecule has 2 aromatic heterocycles. The quantitative estimate of drug-likeness (QED) is 0.872. The van der Waals surface area contributed by atoms with E-state index in [1.807, 2.05) is 0 Å². The number of nitrogen functional groups attached to an aromatic ring is 1. The molecule has 3 heterocycles. The van der Waals surface area contributed by atoms with Crippen LogP contribution in [0.15, 0.2) is 29.6 Å². The Balaban J connectivity index is 1.89. The molecule has 1 aliphatic heterocycles. The molecule has 1 aliphatic rings. The van der Waals surface area contributed by atoms with Gasteiger partial charge in [-0.2, -0.15) is 9.40 Å². The van der Waals surface area contributed by atoms with Gasteiger partial charge in [0.1, 0.15) is 10.7 Å². The van der Waals surface area contributed by atoms with Crippen molar-refractivity contribution in [2.45, 2.75) is 11.0 Å². The van der Waals surface area contributed by atoms with E-state index >= 15 is 0 Å². The van der Waals surface area contributed by atoms with E-state index in [0.29, 0.717) is 0 Å². The van der Waals surface area contributed by atoms with E-state index in [-0.39, 0.29) is 41.5 Å². The Bertz CT molecular complexity index is 823. The van der Waals surface area contributed by atoms with E-state index in [1.54, 1.807) is 24.1 Å². The first-order valence-electron chi connectivity index (χ1n) is 6.89. The lowest BCUT2D eigenvalue weighted by Gasteiger charge is -2.31. The van der Waals surface area contributed by atoms with E-state index in [0.717, 1.165) is 5.56 Å². The van der Waals surface area contributed by atoms with Gasteiger partial charge in [-0.3, -0.25) is 4.68 Å². The molecule has 23 heavy (non-hydrogen) atoms. The molecule has 0 aliphatic carbocycles. The van der Waals surface area contributed by atoms with Crippen LogP contribution in [0.5, 0.6) is 0 Å². The highest BCUT2D eigenvalue weighted by molar-refractivity contribution is 7.89. The maximum absolute atomic E-state index is 12.8. The normalized spacial score (nSPS) is 19.8. The summed E-state index contributed by atoms with van der Waals surface area (Å²) in [6.45, 7) is 0.706. The molecule has 0 bridgehead atoms. The topological polar surface area (TPSA) is 103 Å². The third kappa shape index (κ3) is 3.18. The van der Waals surface area contributed by atoms with Gasteiger partial charge in [0.05, 0.1) is 23.9 Å². The van der Waals surface area contributed by atoms with Crippen molar-refractivity contribution in [1.29, 1.82) is 0 Å². The van der Waals surface area contributed by atoms with Crippen LogP contribution in [-0.4, -0.2) is 47.2 Å². The number of hydrogen-bond acceptors (Lipinski definition) is 6. The SMILES string of the molecule is Cn1cc([C@H]2CN(S(=O)(=O)c3cc(Cl)cnc3N)CCO2)cn1. The maximum atomic E-state index is 12.8. The van der Waals surface area contributed by atoms with Crippen LogP contribution in [0.3, 0.4) is 0 Å². The second kappa shape index (κ2) is 6.08. The first-order chi connectivity index (χ1) is 10.9. The summed E-state index contributed by atoms with van der Waals surface area (Å²) in [7, 11) is -2.00. The van der Waals surface area contributed by atoms with Crippen LogP contribution in [0, 0.1) is 0 Å². The number of aryl methyl sites for hydroxylation is 1. The average molecular weight is 358 g/mol. The Morgan fingerprint density at radius 1 is 1.43 bits per heavy atom. The number of hydrogen-bond donors (Lipinski definition) is 1. The molecule has 0 aromatic carbocycles. The Morgan fingerprint density at radius 2 is 2.22 bits per heavy atom. The molecule has 1 saturated heterocycles. The van der Waals surface area contributed by atoms with Crippen LogP contribution in [0.25, 0.3) is 0 Å². The summed E-state index contributed by atoms with van der Waals surface area (Å²) in [6, 6.07) is 1.31. The van der Waals surface area contributed by atoms with Crippen LogP contribution in [0.1, 0.15) is 11.7 Å². The number of anilines is 1. The summed E-state index contributed by atoms with van der Waals surface area (Å²) >= 11 is 5.85. The molecule has 124 valence electrons. The van der Waals surface area contributed by atoms with Gasteiger partial charge in [-0.1, -0.05) is 11.6 Å². The van der Waals surface area contributed by atoms with Crippen molar-refractivity contribution in [2.24, 2.45) is 7.05 Å². The number of halogens is 1. The predicted molar refractivity (Wildman–Crippen MR) is 84.3 cm³/mol. The first kappa shape index (κ1) is 16.2. The fourth-order valence-electron chi connectivity index (χ4n) is 2.43. The van der Waals surface area contributed by atoms with Crippen LogP contribution in [0.2, 0.25) is 5.02 Å². The van der Waals surface area contributed by atoms with Crippen molar-refractivity contribution in [3.63, 3.8) is 0 Å². The second-order valence-electron chi connectivity index (χ2n) is 5.21. The lowest BCUT2D eigenvalue weighted by Crippen LogP contribution is -2.42. The van der Waals surface area contributed by atoms with E-state index in [1.165, 1.54) is 16.6 Å². The van der Waals surface area contributed by atoms with Gasteiger partial charge in [0, 0.05) is 38.1 Å². The zero-order valence-corrected chi connectivity index (χ0v) is 14.0. The summed E-state index contributed by atoms with van der Waals surface area (Å²) in [6.07, 6.45) is 4.40. The number of morpholine rings is 1. The summed E-state index contributed by atoms with van der Waals surface area (Å²) < 4.78 is 34.3. The minimum Gasteiger partial charge on any atom is -0.383 e. The molecular weight excluding hydrogens is 342 g/mol. The standard InChI is InChI=1S/C13H16ClN5O3S/c1-18-7-9(5-17-18)11-8-19(2-3-22-11)23(20,21)12-4-10(14)6-16-13(12)15/h4-7,11H,2-3,8H2,1H3,(H2,15,16)/t11-/m1/s1. The molecule has 2 aromatic rings. The lowest BCUT2D eigenvalue weighted by atomic mass is 10.2. The maximum Gasteiger partial charge on any atom is 0.246 e. The summed E-state index contributed by atoms with van der Waals surface area (Å²) in [5.74, 6) is -0.0705. The molecule has 0 saturated carbocycles. The van der Waals surface area contributed by atoms with Crippen molar-refractivity contribution in [2.75, 3.05) is 25.4 Å². The number of nitrogens with two attached hydrogens (primary N) is 1. The van der Waals surface area contributed by atoms with Crippen molar-refractivity contribution >= 4 is 27.4 Å². The number of rotatable bonds is 3. The molecule has 0 amide bonds. The third-order valence-electron chi connectivity index (χ3n) is 3.59. The highest BCUT2D eigenvalue weighted by Crippen LogP contribution is 2.29. The fourth-order valence-corrected chi connectivity index (χ4v) is 4.17. The summed E-state index contributed by atoms with van der Waals surface area (Å²) in [5, 5.41) is 4.30. The number of nitrogens with zero attached hydrogens (tertiary/aromatic N) is 4. The van der Waals surface area contributed by atoms with Gasteiger partial charge in [0.2, 0.25) is 10.0 Å². The Labute approximate surface area is 138 Å². The minimum absolute atomic E-state index is 0.0705. The Kier molecular flexibility index (Phi) is 4.28. The van der Waals surface area contributed by atoms with Crippen LogP contribution in [0.4, 0.5) is 5.82 Å². The smallest absolute Gasteiger partial charge is 0.246 e. The lowest BCUT2D eigenvalue weighted by molar-refractivity contribution is -0.00258. The average Bonchev–Trinajstić information content (AvgIpc) is 2.96. The van der Waals surface area contributed by atoms with E-state index in [9.17, 15) is 8.42 Å². The van der Waals surface area contributed by atoms with Gasteiger partial charge in [-0.25, -0.2) is 13.4 Å². The van der Waals surface area contributed by atoms with Gasteiger partial charge in [-0.05, 0) is 6.07 Å². The van der Waals surface area contributed by atoms with Gasteiger partial charge in [0.15, 0.2) is 0 Å². The van der Waals surface area contributed by atoms with Gasteiger partial charge in [-0.15, -0.1) is 0 Å². The molecule has 8 nitrogen and oxygen atoms in total. The predicted octanol–water partition coefficient (Wildman–Crippen LogP) is 0.813. The molecule has 1 atom stereocenters. The van der Waals surface area contributed by atoms with Crippen molar-refractivity contribution in [3.05, 3.63) is 35.2 Å².